The van der Waals surface area contributed by atoms with Crippen LogP contribution in [0.4, 0.5) is 0 Å². The Morgan fingerprint density at radius 3 is 2.24 bits per heavy atom. The summed E-state index contributed by atoms with van der Waals surface area (Å²) in [5, 5.41) is 0. The summed E-state index contributed by atoms with van der Waals surface area (Å²) in [6, 6.07) is 9.83. The summed E-state index contributed by atoms with van der Waals surface area (Å²) in [6.45, 7) is 5.62. The van der Waals surface area contributed by atoms with Crippen molar-refractivity contribution in [2.45, 2.75) is 26.3 Å². The van der Waals surface area contributed by atoms with Crippen LogP contribution in [0.5, 0.6) is 0 Å². The van der Waals surface area contributed by atoms with E-state index in [-0.39, 0.29) is 0 Å². The van der Waals surface area contributed by atoms with Gasteiger partial charge in [-0.2, -0.15) is 0 Å². The van der Waals surface area contributed by atoms with Gasteiger partial charge in [0.25, 0.3) is 0 Å². The molecule has 0 saturated heterocycles. The van der Waals surface area contributed by atoms with Crippen molar-refractivity contribution in [2.24, 2.45) is 5.73 Å². The van der Waals surface area contributed by atoms with Crippen LogP contribution in [0.3, 0.4) is 0 Å². The van der Waals surface area contributed by atoms with Crippen LogP contribution in [0.15, 0.2) is 30.3 Å². The van der Waals surface area contributed by atoms with E-state index in [1.165, 1.54) is 0 Å². The number of hydrogen-bond donors (Lipinski definition) is 1. The Labute approximate surface area is 101 Å². The maximum absolute atomic E-state index is 6.02. The smallest absolute Gasteiger partial charge is 0.163 e. The Morgan fingerprint density at radius 2 is 1.65 bits per heavy atom. The molecule has 0 aliphatic carbocycles. The molecule has 4 nitrogen and oxygen atoms in total. The van der Waals surface area contributed by atoms with Crippen LogP contribution in [0.2, 0.25) is 0 Å². The van der Waals surface area contributed by atoms with Gasteiger partial charge in [0.1, 0.15) is 5.82 Å². The summed E-state index contributed by atoms with van der Waals surface area (Å²) in [7, 11) is 0. The maximum Gasteiger partial charge on any atom is 0.163 e. The van der Waals surface area contributed by atoms with Crippen LogP contribution in [-0.4, -0.2) is 15.0 Å². The fraction of sp³-hybridized carbons (Fsp3) is 0.308. The molecule has 1 aromatic carbocycles. The lowest BCUT2D eigenvalue weighted by atomic mass is 10.1. The molecule has 0 radical (unpaired) electrons. The number of aryl methyl sites for hydroxylation is 1. The highest BCUT2D eigenvalue weighted by Crippen LogP contribution is 2.18. The molecule has 0 bridgehead atoms. The standard InChI is InChI=1S/C13H16N4/c1-9-15-11(10-7-5-4-6-8-10)17-12(16-9)13(2,3)14/h4-8H,14H2,1-3H3. The third-order valence-corrected chi connectivity index (χ3v) is 2.36. The van der Waals surface area contributed by atoms with Gasteiger partial charge >= 0.3 is 0 Å². The second kappa shape index (κ2) is 4.22. The molecule has 1 aromatic heterocycles. The molecular weight excluding hydrogens is 212 g/mol. The van der Waals surface area contributed by atoms with Gasteiger partial charge in [-0.1, -0.05) is 30.3 Å². The number of rotatable bonds is 2. The Kier molecular flexibility index (Phi) is 2.90. The SMILES string of the molecule is Cc1nc(-c2ccccc2)nc(C(C)(C)N)n1. The van der Waals surface area contributed by atoms with E-state index in [0.29, 0.717) is 17.5 Å². The zero-order chi connectivity index (χ0) is 12.5. The topological polar surface area (TPSA) is 64.7 Å². The molecule has 0 aliphatic rings. The second-order valence-corrected chi connectivity index (χ2v) is 4.62. The van der Waals surface area contributed by atoms with Gasteiger partial charge in [0.2, 0.25) is 0 Å². The van der Waals surface area contributed by atoms with Gasteiger partial charge in [0.05, 0.1) is 5.54 Å². The highest BCUT2D eigenvalue weighted by Gasteiger charge is 2.19. The van der Waals surface area contributed by atoms with Gasteiger partial charge in [0, 0.05) is 5.56 Å². The van der Waals surface area contributed by atoms with Crippen molar-refractivity contribution < 1.29 is 0 Å². The van der Waals surface area contributed by atoms with Crippen LogP contribution < -0.4 is 5.73 Å². The van der Waals surface area contributed by atoms with Crippen molar-refractivity contribution >= 4 is 0 Å². The maximum atomic E-state index is 6.02. The fourth-order valence-electron chi connectivity index (χ4n) is 1.49. The number of aromatic nitrogens is 3. The van der Waals surface area contributed by atoms with Gasteiger partial charge in [-0.15, -0.1) is 0 Å². The van der Waals surface area contributed by atoms with E-state index in [0.717, 1.165) is 5.56 Å². The first kappa shape index (κ1) is 11.7. The number of benzene rings is 1. The first-order valence-electron chi connectivity index (χ1n) is 5.54. The van der Waals surface area contributed by atoms with E-state index >= 15 is 0 Å². The van der Waals surface area contributed by atoms with Crippen LogP contribution in [0.25, 0.3) is 11.4 Å². The highest BCUT2D eigenvalue weighted by atomic mass is 15.1. The summed E-state index contributed by atoms with van der Waals surface area (Å²) in [6.07, 6.45) is 0. The first-order chi connectivity index (χ1) is 7.97. The van der Waals surface area contributed by atoms with Crippen molar-refractivity contribution in [3.63, 3.8) is 0 Å². The Morgan fingerprint density at radius 1 is 1.00 bits per heavy atom. The van der Waals surface area contributed by atoms with Crippen LogP contribution in [-0.2, 0) is 5.54 Å². The molecule has 17 heavy (non-hydrogen) atoms. The van der Waals surface area contributed by atoms with Crippen LogP contribution in [0.1, 0.15) is 25.5 Å². The van der Waals surface area contributed by atoms with Gasteiger partial charge in [-0.05, 0) is 20.8 Å². The minimum absolute atomic E-state index is 0.558. The lowest BCUT2D eigenvalue weighted by Crippen LogP contribution is -2.32. The fourth-order valence-corrected chi connectivity index (χ4v) is 1.49. The monoisotopic (exact) mass is 228 g/mol. The molecule has 0 atom stereocenters. The molecule has 2 rings (SSSR count). The Hall–Kier alpha value is -1.81. The molecule has 0 fully saturated rings. The van der Waals surface area contributed by atoms with Gasteiger partial charge in [-0.25, -0.2) is 15.0 Å². The van der Waals surface area contributed by atoms with E-state index in [1.54, 1.807) is 0 Å². The minimum atomic E-state index is -0.558. The average molecular weight is 228 g/mol. The Bertz CT molecular complexity index is 515. The van der Waals surface area contributed by atoms with E-state index in [4.69, 9.17) is 5.73 Å². The number of nitrogens with two attached hydrogens (primary N) is 1. The predicted molar refractivity (Wildman–Crippen MR) is 67.2 cm³/mol. The van der Waals surface area contributed by atoms with E-state index < -0.39 is 5.54 Å². The summed E-state index contributed by atoms with van der Waals surface area (Å²) in [5.74, 6) is 1.97. The Balaban J connectivity index is 2.54. The van der Waals surface area contributed by atoms with Crippen LogP contribution >= 0.6 is 0 Å². The quantitative estimate of drug-likeness (QED) is 0.854. The molecule has 0 aliphatic heterocycles. The molecule has 4 heteroatoms. The normalized spacial score (nSPS) is 11.5. The molecule has 0 saturated carbocycles. The van der Waals surface area contributed by atoms with Crippen molar-refractivity contribution in [3.05, 3.63) is 42.0 Å². The molecule has 2 aromatic rings. The van der Waals surface area contributed by atoms with Gasteiger partial charge in [0.15, 0.2) is 11.6 Å². The highest BCUT2D eigenvalue weighted by molar-refractivity contribution is 5.54. The summed E-state index contributed by atoms with van der Waals surface area (Å²) in [5.41, 5.74) is 6.44. The second-order valence-electron chi connectivity index (χ2n) is 4.62. The predicted octanol–water partition coefficient (Wildman–Crippen LogP) is 2.04. The third kappa shape index (κ3) is 2.65. The molecular formula is C13H16N4. The van der Waals surface area contributed by atoms with Gasteiger partial charge < -0.3 is 5.73 Å². The first-order valence-corrected chi connectivity index (χ1v) is 5.54. The van der Waals surface area contributed by atoms with Crippen molar-refractivity contribution in [1.82, 2.24) is 15.0 Å². The van der Waals surface area contributed by atoms with Crippen molar-refractivity contribution in [3.8, 4) is 11.4 Å². The zero-order valence-corrected chi connectivity index (χ0v) is 10.3. The lowest BCUT2D eigenvalue weighted by Gasteiger charge is -2.17. The lowest BCUT2D eigenvalue weighted by molar-refractivity contribution is 0.509. The van der Waals surface area contributed by atoms with E-state index in [1.807, 2.05) is 51.1 Å². The van der Waals surface area contributed by atoms with Crippen LogP contribution in [0, 0.1) is 6.92 Å². The summed E-state index contributed by atoms with van der Waals surface area (Å²) >= 11 is 0. The van der Waals surface area contributed by atoms with E-state index in [9.17, 15) is 0 Å². The number of hydrogen-bond acceptors (Lipinski definition) is 4. The zero-order valence-electron chi connectivity index (χ0n) is 10.3. The van der Waals surface area contributed by atoms with Crippen molar-refractivity contribution in [2.75, 3.05) is 0 Å². The minimum Gasteiger partial charge on any atom is -0.319 e. The molecule has 0 spiro atoms. The molecule has 2 N–H and O–H groups in total. The van der Waals surface area contributed by atoms with Crippen molar-refractivity contribution in [1.29, 1.82) is 0 Å². The molecule has 0 unspecified atom stereocenters. The summed E-state index contributed by atoms with van der Waals surface area (Å²) in [4.78, 5) is 13.1. The average Bonchev–Trinajstić information content (AvgIpc) is 2.28. The molecule has 1 heterocycles. The number of nitrogens with zero attached hydrogens (tertiary/aromatic N) is 3. The molecule has 88 valence electrons. The largest absolute Gasteiger partial charge is 0.319 e. The summed E-state index contributed by atoms with van der Waals surface area (Å²) < 4.78 is 0. The van der Waals surface area contributed by atoms with E-state index in [2.05, 4.69) is 15.0 Å². The third-order valence-electron chi connectivity index (χ3n) is 2.36. The van der Waals surface area contributed by atoms with Gasteiger partial charge in [-0.3, -0.25) is 0 Å². The molecule has 0 amide bonds.